The standard InChI is InChI=1S/C17H14ClN3O2/c1-23-15-5-3-2-4-14(15)21-17(19)13(10-20-21)16(22)11-6-8-12(18)9-7-11/h2-10H,19H2,1H3. The average Bonchev–Trinajstić information content (AvgIpc) is 2.96. The van der Waals surface area contributed by atoms with Gasteiger partial charge in [-0.05, 0) is 36.4 Å². The number of halogens is 1. The van der Waals surface area contributed by atoms with Crippen molar-refractivity contribution in [2.24, 2.45) is 0 Å². The number of methoxy groups -OCH3 is 1. The fourth-order valence-corrected chi connectivity index (χ4v) is 2.41. The number of anilines is 1. The van der Waals surface area contributed by atoms with Crippen LogP contribution in [-0.4, -0.2) is 22.7 Å². The molecule has 0 saturated carbocycles. The van der Waals surface area contributed by atoms with Crippen molar-refractivity contribution in [2.75, 3.05) is 12.8 Å². The number of nitrogens with zero attached hydrogens (tertiary/aromatic N) is 2. The second-order valence-electron chi connectivity index (χ2n) is 4.86. The van der Waals surface area contributed by atoms with E-state index in [1.165, 1.54) is 10.9 Å². The molecule has 116 valence electrons. The van der Waals surface area contributed by atoms with Crippen LogP contribution in [0.1, 0.15) is 15.9 Å². The first kappa shape index (κ1) is 15.1. The molecule has 0 aliphatic carbocycles. The number of carbonyl (C=O) groups excluding carboxylic acids is 1. The van der Waals surface area contributed by atoms with Gasteiger partial charge in [-0.1, -0.05) is 23.7 Å². The zero-order valence-corrected chi connectivity index (χ0v) is 13.1. The summed E-state index contributed by atoms with van der Waals surface area (Å²) in [6.45, 7) is 0. The number of nitrogen functional groups attached to an aromatic ring is 1. The molecule has 1 heterocycles. The van der Waals surface area contributed by atoms with Crippen LogP contribution in [0.2, 0.25) is 5.02 Å². The van der Waals surface area contributed by atoms with E-state index in [9.17, 15) is 4.79 Å². The highest BCUT2D eigenvalue weighted by Gasteiger charge is 2.19. The maximum absolute atomic E-state index is 12.6. The third-order valence-electron chi connectivity index (χ3n) is 3.47. The van der Waals surface area contributed by atoms with Crippen LogP contribution in [0.4, 0.5) is 5.82 Å². The lowest BCUT2D eigenvalue weighted by Gasteiger charge is -2.09. The van der Waals surface area contributed by atoms with Crippen molar-refractivity contribution in [3.8, 4) is 11.4 Å². The fraction of sp³-hybridized carbons (Fsp3) is 0.0588. The van der Waals surface area contributed by atoms with Gasteiger partial charge in [-0.25, -0.2) is 4.68 Å². The molecule has 0 unspecified atom stereocenters. The zero-order chi connectivity index (χ0) is 16.4. The Morgan fingerprint density at radius 1 is 1.17 bits per heavy atom. The van der Waals surface area contributed by atoms with E-state index >= 15 is 0 Å². The molecule has 0 fully saturated rings. The first-order valence-electron chi connectivity index (χ1n) is 6.89. The minimum Gasteiger partial charge on any atom is -0.494 e. The molecule has 2 N–H and O–H groups in total. The molecule has 0 radical (unpaired) electrons. The lowest BCUT2D eigenvalue weighted by atomic mass is 10.1. The number of hydrogen-bond acceptors (Lipinski definition) is 4. The molecule has 3 aromatic rings. The highest BCUT2D eigenvalue weighted by Crippen LogP contribution is 2.26. The predicted octanol–water partition coefficient (Wildman–Crippen LogP) is 3.35. The van der Waals surface area contributed by atoms with Gasteiger partial charge < -0.3 is 10.5 Å². The summed E-state index contributed by atoms with van der Waals surface area (Å²) >= 11 is 5.84. The summed E-state index contributed by atoms with van der Waals surface area (Å²) in [5.41, 5.74) is 7.63. The van der Waals surface area contributed by atoms with Crippen LogP contribution in [0.15, 0.2) is 54.7 Å². The van der Waals surface area contributed by atoms with Gasteiger partial charge in [0.2, 0.25) is 0 Å². The van der Waals surface area contributed by atoms with Gasteiger partial charge in [0.15, 0.2) is 5.78 Å². The summed E-state index contributed by atoms with van der Waals surface area (Å²) < 4.78 is 6.79. The number of ether oxygens (including phenoxy) is 1. The molecule has 0 amide bonds. The Morgan fingerprint density at radius 3 is 2.57 bits per heavy atom. The van der Waals surface area contributed by atoms with E-state index in [1.54, 1.807) is 37.4 Å². The topological polar surface area (TPSA) is 70.1 Å². The Labute approximate surface area is 138 Å². The van der Waals surface area contributed by atoms with E-state index in [2.05, 4.69) is 5.10 Å². The van der Waals surface area contributed by atoms with Crippen LogP contribution < -0.4 is 10.5 Å². The van der Waals surface area contributed by atoms with Crippen molar-refractivity contribution < 1.29 is 9.53 Å². The lowest BCUT2D eigenvalue weighted by molar-refractivity contribution is 0.103. The highest BCUT2D eigenvalue weighted by molar-refractivity contribution is 6.30. The average molecular weight is 328 g/mol. The van der Waals surface area contributed by atoms with Crippen LogP contribution in [0.25, 0.3) is 5.69 Å². The Bertz CT molecular complexity index is 857. The molecular weight excluding hydrogens is 314 g/mol. The number of hydrogen-bond donors (Lipinski definition) is 1. The molecule has 0 saturated heterocycles. The van der Waals surface area contributed by atoms with Gasteiger partial charge in [-0.2, -0.15) is 5.10 Å². The van der Waals surface area contributed by atoms with Crippen LogP contribution in [0.5, 0.6) is 5.75 Å². The van der Waals surface area contributed by atoms with E-state index in [1.807, 2.05) is 18.2 Å². The minimum absolute atomic E-state index is 0.208. The molecule has 0 aliphatic rings. The number of benzene rings is 2. The first-order chi connectivity index (χ1) is 11.1. The van der Waals surface area contributed by atoms with Gasteiger partial charge in [0.05, 0.1) is 18.9 Å². The zero-order valence-electron chi connectivity index (χ0n) is 12.4. The predicted molar refractivity (Wildman–Crippen MR) is 89.4 cm³/mol. The Kier molecular flexibility index (Phi) is 4.04. The van der Waals surface area contributed by atoms with E-state index in [0.29, 0.717) is 27.6 Å². The highest BCUT2D eigenvalue weighted by atomic mass is 35.5. The maximum Gasteiger partial charge on any atom is 0.198 e. The van der Waals surface area contributed by atoms with Crippen LogP contribution in [-0.2, 0) is 0 Å². The summed E-state index contributed by atoms with van der Waals surface area (Å²) in [6, 6.07) is 14.0. The van der Waals surface area contributed by atoms with Crippen molar-refractivity contribution in [1.29, 1.82) is 0 Å². The summed E-state index contributed by atoms with van der Waals surface area (Å²) in [6.07, 6.45) is 1.46. The maximum atomic E-state index is 12.6. The van der Waals surface area contributed by atoms with Crippen molar-refractivity contribution >= 4 is 23.2 Å². The molecule has 23 heavy (non-hydrogen) atoms. The third kappa shape index (κ3) is 2.78. The second-order valence-corrected chi connectivity index (χ2v) is 5.30. The first-order valence-corrected chi connectivity index (χ1v) is 7.26. The van der Waals surface area contributed by atoms with E-state index in [4.69, 9.17) is 22.1 Å². The smallest absolute Gasteiger partial charge is 0.198 e. The van der Waals surface area contributed by atoms with Crippen molar-refractivity contribution in [2.45, 2.75) is 0 Å². The van der Waals surface area contributed by atoms with E-state index in [0.717, 1.165) is 0 Å². The summed E-state index contributed by atoms with van der Waals surface area (Å²) in [4.78, 5) is 12.6. The molecule has 0 bridgehead atoms. The number of para-hydroxylation sites is 2. The molecule has 2 aromatic carbocycles. The van der Waals surface area contributed by atoms with Crippen LogP contribution >= 0.6 is 11.6 Å². The summed E-state index contributed by atoms with van der Waals surface area (Å²) in [5, 5.41) is 4.79. The molecule has 6 heteroatoms. The minimum atomic E-state index is -0.208. The molecule has 5 nitrogen and oxygen atoms in total. The summed E-state index contributed by atoms with van der Waals surface area (Å²) in [7, 11) is 1.57. The van der Waals surface area contributed by atoms with E-state index < -0.39 is 0 Å². The Morgan fingerprint density at radius 2 is 1.87 bits per heavy atom. The number of carbonyl (C=O) groups is 1. The van der Waals surface area contributed by atoms with Crippen LogP contribution in [0.3, 0.4) is 0 Å². The fourth-order valence-electron chi connectivity index (χ4n) is 2.29. The van der Waals surface area contributed by atoms with Gasteiger partial charge in [0.25, 0.3) is 0 Å². The molecular formula is C17H14ClN3O2. The Balaban J connectivity index is 2.02. The number of ketones is 1. The third-order valence-corrected chi connectivity index (χ3v) is 3.72. The SMILES string of the molecule is COc1ccccc1-n1ncc(C(=O)c2ccc(Cl)cc2)c1N. The molecule has 1 aromatic heterocycles. The van der Waals surface area contributed by atoms with Crippen LogP contribution in [0, 0.1) is 0 Å². The molecule has 0 spiro atoms. The molecule has 0 atom stereocenters. The lowest BCUT2D eigenvalue weighted by Crippen LogP contribution is -2.08. The van der Waals surface area contributed by atoms with Crippen molar-refractivity contribution in [3.63, 3.8) is 0 Å². The molecule has 3 rings (SSSR count). The summed E-state index contributed by atoms with van der Waals surface area (Å²) in [5.74, 6) is 0.669. The van der Waals surface area contributed by atoms with Crippen molar-refractivity contribution in [1.82, 2.24) is 9.78 Å². The number of aromatic nitrogens is 2. The van der Waals surface area contributed by atoms with Gasteiger partial charge in [0, 0.05) is 10.6 Å². The monoisotopic (exact) mass is 327 g/mol. The molecule has 0 aliphatic heterocycles. The Hall–Kier alpha value is -2.79. The second kappa shape index (κ2) is 6.14. The van der Waals surface area contributed by atoms with Gasteiger partial charge >= 0.3 is 0 Å². The normalized spacial score (nSPS) is 10.5. The van der Waals surface area contributed by atoms with Gasteiger partial charge in [-0.3, -0.25) is 4.79 Å². The van der Waals surface area contributed by atoms with Gasteiger partial charge in [-0.15, -0.1) is 0 Å². The van der Waals surface area contributed by atoms with E-state index in [-0.39, 0.29) is 11.6 Å². The number of rotatable bonds is 4. The van der Waals surface area contributed by atoms with Crippen molar-refractivity contribution in [3.05, 3.63) is 70.9 Å². The number of nitrogens with two attached hydrogens (primary N) is 1. The quantitative estimate of drug-likeness (QED) is 0.746. The largest absolute Gasteiger partial charge is 0.494 e. The van der Waals surface area contributed by atoms with Gasteiger partial charge in [0.1, 0.15) is 17.3 Å².